The third-order valence-electron chi connectivity index (χ3n) is 3.75. The fraction of sp³-hybridized carbons (Fsp3) is 0.533. The summed E-state index contributed by atoms with van der Waals surface area (Å²) in [7, 11) is 0. The first kappa shape index (κ1) is 16.0. The lowest BCUT2D eigenvalue weighted by Crippen LogP contribution is -2.43. The Hall–Kier alpha value is -1.06. The Morgan fingerprint density at radius 2 is 1.89 bits per heavy atom. The van der Waals surface area contributed by atoms with Gasteiger partial charge < -0.3 is 10.4 Å². The molecule has 2 N–H and O–H groups in total. The first-order valence-electron chi connectivity index (χ1n) is 6.77. The minimum absolute atomic E-state index is 0. The van der Waals surface area contributed by atoms with Gasteiger partial charge in [-0.3, -0.25) is 4.79 Å². The maximum absolute atomic E-state index is 11.2. The number of halogens is 1. The Morgan fingerprint density at radius 1 is 1.21 bits per heavy atom. The van der Waals surface area contributed by atoms with Crippen molar-refractivity contribution in [3.63, 3.8) is 0 Å². The molecule has 2 atom stereocenters. The largest absolute Gasteiger partial charge is 0.481 e. The highest BCUT2D eigenvalue weighted by Crippen LogP contribution is 2.24. The number of carboxylic acids is 1. The summed E-state index contributed by atoms with van der Waals surface area (Å²) in [6, 6.07) is 10.5. The van der Waals surface area contributed by atoms with Crippen molar-refractivity contribution in [3.05, 3.63) is 35.9 Å². The highest BCUT2D eigenvalue weighted by Gasteiger charge is 2.29. The van der Waals surface area contributed by atoms with E-state index in [0.717, 1.165) is 38.6 Å². The van der Waals surface area contributed by atoms with E-state index < -0.39 is 5.97 Å². The van der Waals surface area contributed by atoms with Crippen molar-refractivity contribution in [2.24, 2.45) is 5.92 Å². The Bertz CT molecular complexity index is 383. The zero-order valence-corrected chi connectivity index (χ0v) is 11.9. The minimum Gasteiger partial charge on any atom is -0.481 e. The van der Waals surface area contributed by atoms with Crippen molar-refractivity contribution in [1.29, 1.82) is 0 Å². The van der Waals surface area contributed by atoms with Gasteiger partial charge in [-0.15, -0.1) is 12.4 Å². The SMILES string of the molecule is Cl.O=C(O)C1CCCCC1NCCc1ccccc1. The summed E-state index contributed by atoms with van der Waals surface area (Å²) in [6.07, 6.45) is 4.97. The van der Waals surface area contributed by atoms with Crippen molar-refractivity contribution in [2.75, 3.05) is 6.54 Å². The van der Waals surface area contributed by atoms with Crippen LogP contribution in [0.5, 0.6) is 0 Å². The summed E-state index contributed by atoms with van der Waals surface area (Å²) >= 11 is 0. The number of benzene rings is 1. The normalized spacial score (nSPS) is 22.5. The molecule has 0 aliphatic heterocycles. The molecule has 0 radical (unpaired) electrons. The summed E-state index contributed by atoms with van der Waals surface area (Å²) in [4.78, 5) is 11.2. The number of rotatable bonds is 5. The molecule has 2 unspecified atom stereocenters. The number of aliphatic carboxylic acids is 1. The molecule has 2 rings (SSSR count). The molecule has 1 aromatic rings. The van der Waals surface area contributed by atoms with Crippen molar-refractivity contribution >= 4 is 18.4 Å². The molecule has 1 saturated carbocycles. The number of nitrogens with one attached hydrogen (secondary N) is 1. The van der Waals surface area contributed by atoms with E-state index in [2.05, 4.69) is 17.4 Å². The van der Waals surface area contributed by atoms with Gasteiger partial charge >= 0.3 is 5.97 Å². The molecule has 19 heavy (non-hydrogen) atoms. The number of hydrogen-bond donors (Lipinski definition) is 2. The predicted octanol–water partition coefficient (Wildman–Crippen LogP) is 2.88. The highest BCUT2D eigenvalue weighted by molar-refractivity contribution is 5.85. The molecule has 1 aliphatic rings. The third kappa shape index (κ3) is 4.84. The van der Waals surface area contributed by atoms with Crippen LogP contribution in [0.1, 0.15) is 31.2 Å². The van der Waals surface area contributed by atoms with Gasteiger partial charge in [-0.2, -0.15) is 0 Å². The van der Waals surface area contributed by atoms with Crippen LogP contribution < -0.4 is 5.32 Å². The van der Waals surface area contributed by atoms with Gasteiger partial charge in [-0.25, -0.2) is 0 Å². The van der Waals surface area contributed by atoms with E-state index in [1.807, 2.05) is 18.2 Å². The maximum atomic E-state index is 11.2. The van der Waals surface area contributed by atoms with Crippen LogP contribution in [0.4, 0.5) is 0 Å². The molecule has 4 heteroatoms. The van der Waals surface area contributed by atoms with E-state index >= 15 is 0 Å². The molecule has 1 aromatic carbocycles. The number of hydrogen-bond acceptors (Lipinski definition) is 2. The van der Waals surface area contributed by atoms with Crippen LogP contribution in [-0.2, 0) is 11.2 Å². The first-order valence-corrected chi connectivity index (χ1v) is 6.77. The van der Waals surface area contributed by atoms with E-state index in [-0.39, 0.29) is 24.4 Å². The zero-order valence-electron chi connectivity index (χ0n) is 11.0. The maximum Gasteiger partial charge on any atom is 0.308 e. The van der Waals surface area contributed by atoms with Gasteiger partial charge in [0, 0.05) is 6.04 Å². The molecule has 0 bridgehead atoms. The Balaban J connectivity index is 0.00000180. The summed E-state index contributed by atoms with van der Waals surface area (Å²) in [5.74, 6) is -0.846. The van der Waals surface area contributed by atoms with Crippen LogP contribution in [0, 0.1) is 5.92 Å². The molecule has 106 valence electrons. The summed E-state index contributed by atoms with van der Waals surface area (Å²) in [6.45, 7) is 0.860. The second-order valence-corrected chi connectivity index (χ2v) is 5.03. The van der Waals surface area contributed by atoms with Crippen LogP contribution in [0.25, 0.3) is 0 Å². The Labute approximate surface area is 120 Å². The smallest absolute Gasteiger partial charge is 0.308 e. The zero-order chi connectivity index (χ0) is 12.8. The molecule has 0 aromatic heterocycles. The highest BCUT2D eigenvalue weighted by atomic mass is 35.5. The van der Waals surface area contributed by atoms with Gasteiger partial charge in [0.25, 0.3) is 0 Å². The molecular formula is C15H22ClNO2. The standard InChI is InChI=1S/C15H21NO2.ClH/c17-15(18)13-8-4-5-9-14(13)16-11-10-12-6-2-1-3-7-12;/h1-3,6-7,13-14,16H,4-5,8-11H2,(H,17,18);1H. The lowest BCUT2D eigenvalue weighted by molar-refractivity contribution is -0.143. The second-order valence-electron chi connectivity index (χ2n) is 5.03. The minimum atomic E-state index is -0.646. The van der Waals surface area contributed by atoms with Crippen molar-refractivity contribution in [1.82, 2.24) is 5.32 Å². The average molecular weight is 284 g/mol. The van der Waals surface area contributed by atoms with E-state index in [1.165, 1.54) is 5.56 Å². The molecule has 0 amide bonds. The molecule has 0 saturated heterocycles. The van der Waals surface area contributed by atoms with Crippen molar-refractivity contribution < 1.29 is 9.90 Å². The Kier molecular flexibility index (Phi) is 6.89. The number of carbonyl (C=O) groups is 1. The van der Waals surface area contributed by atoms with Crippen LogP contribution in [0.3, 0.4) is 0 Å². The van der Waals surface area contributed by atoms with Crippen molar-refractivity contribution in [3.8, 4) is 0 Å². The van der Waals surface area contributed by atoms with E-state index in [0.29, 0.717) is 0 Å². The van der Waals surface area contributed by atoms with Crippen molar-refractivity contribution in [2.45, 2.75) is 38.1 Å². The summed E-state index contributed by atoms with van der Waals surface area (Å²) in [5.41, 5.74) is 1.30. The molecule has 1 fully saturated rings. The van der Waals surface area contributed by atoms with E-state index in [4.69, 9.17) is 0 Å². The van der Waals surface area contributed by atoms with Gasteiger partial charge in [0.2, 0.25) is 0 Å². The van der Waals surface area contributed by atoms with Crippen LogP contribution in [0.15, 0.2) is 30.3 Å². The molecular weight excluding hydrogens is 262 g/mol. The quantitative estimate of drug-likeness (QED) is 0.874. The third-order valence-corrected chi connectivity index (χ3v) is 3.75. The van der Waals surface area contributed by atoms with Gasteiger partial charge in [0.1, 0.15) is 0 Å². The van der Waals surface area contributed by atoms with Gasteiger partial charge in [0.15, 0.2) is 0 Å². The lowest BCUT2D eigenvalue weighted by atomic mass is 9.84. The first-order chi connectivity index (χ1) is 8.77. The van der Waals surface area contributed by atoms with Crippen LogP contribution >= 0.6 is 12.4 Å². The topological polar surface area (TPSA) is 49.3 Å². The van der Waals surface area contributed by atoms with Crippen LogP contribution in [0.2, 0.25) is 0 Å². The molecule has 0 spiro atoms. The second kappa shape index (κ2) is 8.18. The van der Waals surface area contributed by atoms with Gasteiger partial charge in [-0.05, 0) is 31.4 Å². The van der Waals surface area contributed by atoms with Gasteiger partial charge in [0.05, 0.1) is 5.92 Å². The van der Waals surface area contributed by atoms with Crippen LogP contribution in [-0.4, -0.2) is 23.7 Å². The van der Waals surface area contributed by atoms with E-state index in [9.17, 15) is 9.90 Å². The fourth-order valence-electron chi connectivity index (χ4n) is 2.72. The lowest BCUT2D eigenvalue weighted by Gasteiger charge is -2.29. The molecule has 0 heterocycles. The molecule has 3 nitrogen and oxygen atoms in total. The summed E-state index contributed by atoms with van der Waals surface area (Å²) in [5, 5.41) is 12.6. The monoisotopic (exact) mass is 283 g/mol. The average Bonchev–Trinajstić information content (AvgIpc) is 2.40. The van der Waals surface area contributed by atoms with E-state index in [1.54, 1.807) is 0 Å². The summed E-state index contributed by atoms with van der Waals surface area (Å²) < 4.78 is 0. The predicted molar refractivity (Wildman–Crippen MR) is 78.8 cm³/mol. The molecule has 1 aliphatic carbocycles. The fourth-order valence-corrected chi connectivity index (χ4v) is 2.72. The number of carboxylic acid groups (broad SMARTS) is 1. The Morgan fingerprint density at radius 3 is 2.58 bits per heavy atom. The van der Waals surface area contributed by atoms with Gasteiger partial charge in [-0.1, -0.05) is 43.2 Å².